The number of rotatable bonds is 5. The molecule has 1 aliphatic carbocycles. The lowest BCUT2D eigenvalue weighted by Crippen LogP contribution is -2.22. The summed E-state index contributed by atoms with van der Waals surface area (Å²) in [7, 11) is 0. The Hall–Kier alpha value is -2.84. The number of fused-ring (bicyclic) bond motifs is 2. The second-order valence-electron chi connectivity index (χ2n) is 6.75. The molecule has 3 N–H and O–H groups in total. The van der Waals surface area contributed by atoms with Gasteiger partial charge in [0.2, 0.25) is 5.76 Å². The van der Waals surface area contributed by atoms with Crippen LogP contribution >= 0.6 is 22.9 Å². The molecule has 4 rings (SSSR count). The number of nitrogens with two attached hydrogens (primary N) is 1. The number of furan rings is 1. The summed E-state index contributed by atoms with van der Waals surface area (Å²) in [6.45, 7) is 1.20. The van der Waals surface area contributed by atoms with Gasteiger partial charge in [-0.2, -0.15) is 0 Å². The molecule has 0 atom stereocenters. The molecular weight excluding hydrogens is 416 g/mol. The van der Waals surface area contributed by atoms with Gasteiger partial charge in [0.25, 0.3) is 11.8 Å². The van der Waals surface area contributed by atoms with Gasteiger partial charge in [-0.25, -0.2) is 4.79 Å². The Kier molecular flexibility index (Phi) is 5.06. The standard InChI is InChI=1S/C20H17ClN2O5S/c1-9-12-7-10(21)5-6-13(12)28-17(9)20(26)27-8-15(24)23-19-16(18(22)25)11-3-2-4-14(11)29-19/h5-7H,2-4,8H2,1H3,(H2,22,25)(H,23,24). The van der Waals surface area contributed by atoms with E-state index in [4.69, 9.17) is 26.5 Å². The van der Waals surface area contributed by atoms with E-state index in [0.717, 1.165) is 29.7 Å². The largest absolute Gasteiger partial charge is 0.450 e. The Morgan fingerprint density at radius 2 is 2.10 bits per heavy atom. The van der Waals surface area contributed by atoms with Gasteiger partial charge in [0, 0.05) is 20.8 Å². The van der Waals surface area contributed by atoms with Crippen LogP contribution in [0.1, 0.15) is 43.3 Å². The highest BCUT2D eigenvalue weighted by Gasteiger charge is 2.26. The van der Waals surface area contributed by atoms with Crippen LogP contribution in [0.5, 0.6) is 0 Å². The van der Waals surface area contributed by atoms with Crippen molar-refractivity contribution < 1.29 is 23.5 Å². The number of halogens is 1. The summed E-state index contributed by atoms with van der Waals surface area (Å²) in [6, 6.07) is 5.01. The molecule has 0 fully saturated rings. The maximum Gasteiger partial charge on any atom is 0.375 e. The fourth-order valence-electron chi connectivity index (χ4n) is 3.50. The minimum atomic E-state index is -0.756. The number of amides is 2. The molecule has 0 saturated heterocycles. The number of benzene rings is 1. The van der Waals surface area contributed by atoms with Crippen LogP contribution in [0, 0.1) is 6.92 Å². The second-order valence-corrected chi connectivity index (χ2v) is 8.29. The molecule has 2 heterocycles. The maximum absolute atomic E-state index is 12.4. The third-order valence-electron chi connectivity index (χ3n) is 4.84. The van der Waals surface area contributed by atoms with Crippen molar-refractivity contribution in [1.82, 2.24) is 0 Å². The number of carbonyl (C=O) groups excluding carboxylic acids is 3. The average molecular weight is 433 g/mol. The number of nitrogens with one attached hydrogen (secondary N) is 1. The van der Waals surface area contributed by atoms with Crippen LogP contribution in [-0.4, -0.2) is 24.4 Å². The first-order valence-electron chi connectivity index (χ1n) is 8.95. The molecule has 0 unspecified atom stereocenters. The molecule has 3 aromatic rings. The van der Waals surface area contributed by atoms with E-state index in [2.05, 4.69) is 5.32 Å². The third-order valence-corrected chi connectivity index (χ3v) is 6.28. The van der Waals surface area contributed by atoms with E-state index in [9.17, 15) is 14.4 Å². The molecule has 0 aliphatic heterocycles. The van der Waals surface area contributed by atoms with Crippen molar-refractivity contribution in [3.05, 3.63) is 50.5 Å². The van der Waals surface area contributed by atoms with Crippen LogP contribution in [0.4, 0.5) is 5.00 Å². The van der Waals surface area contributed by atoms with Gasteiger partial charge in [0.05, 0.1) is 5.56 Å². The van der Waals surface area contributed by atoms with Crippen molar-refractivity contribution in [3.63, 3.8) is 0 Å². The lowest BCUT2D eigenvalue weighted by atomic mass is 10.1. The first-order chi connectivity index (χ1) is 13.8. The highest BCUT2D eigenvalue weighted by molar-refractivity contribution is 7.17. The number of hydrogen-bond acceptors (Lipinski definition) is 6. The predicted molar refractivity (Wildman–Crippen MR) is 110 cm³/mol. The predicted octanol–water partition coefficient (Wildman–Crippen LogP) is 3.84. The van der Waals surface area contributed by atoms with Crippen molar-refractivity contribution in [1.29, 1.82) is 0 Å². The Morgan fingerprint density at radius 1 is 1.31 bits per heavy atom. The Labute approximate surface area is 174 Å². The monoisotopic (exact) mass is 432 g/mol. The van der Waals surface area contributed by atoms with Crippen LogP contribution in [-0.2, 0) is 22.4 Å². The van der Waals surface area contributed by atoms with Crippen LogP contribution in [0.3, 0.4) is 0 Å². The maximum atomic E-state index is 12.4. The van der Waals surface area contributed by atoms with Gasteiger partial charge < -0.3 is 20.2 Å². The number of aryl methyl sites for hydroxylation is 2. The number of carbonyl (C=O) groups is 3. The normalized spacial score (nSPS) is 12.8. The van der Waals surface area contributed by atoms with Gasteiger partial charge in [0.15, 0.2) is 6.61 Å². The van der Waals surface area contributed by atoms with Gasteiger partial charge in [-0.3, -0.25) is 9.59 Å². The smallest absolute Gasteiger partial charge is 0.375 e. The summed E-state index contributed by atoms with van der Waals surface area (Å²) in [5.74, 6) is -1.87. The molecule has 0 spiro atoms. The first kappa shape index (κ1) is 19.5. The van der Waals surface area contributed by atoms with Gasteiger partial charge in [0.1, 0.15) is 10.6 Å². The van der Waals surface area contributed by atoms with Gasteiger partial charge >= 0.3 is 5.97 Å². The molecule has 150 valence electrons. The van der Waals surface area contributed by atoms with E-state index in [1.807, 2.05) is 0 Å². The number of ether oxygens (including phenoxy) is 1. The highest BCUT2D eigenvalue weighted by Crippen LogP contribution is 2.38. The molecule has 1 aromatic carbocycles. The molecule has 0 radical (unpaired) electrons. The average Bonchev–Trinajstić information content (AvgIpc) is 3.33. The van der Waals surface area contributed by atoms with E-state index >= 15 is 0 Å². The fraction of sp³-hybridized carbons (Fsp3) is 0.250. The summed E-state index contributed by atoms with van der Waals surface area (Å²) >= 11 is 7.32. The van der Waals surface area contributed by atoms with Crippen molar-refractivity contribution in [3.8, 4) is 0 Å². The van der Waals surface area contributed by atoms with Crippen LogP contribution in [0.25, 0.3) is 11.0 Å². The molecular formula is C20H17ClN2O5S. The zero-order chi connectivity index (χ0) is 20.7. The zero-order valence-corrected chi connectivity index (χ0v) is 17.0. The topological polar surface area (TPSA) is 112 Å². The van der Waals surface area contributed by atoms with Crippen LogP contribution in [0.2, 0.25) is 5.02 Å². The molecule has 7 nitrogen and oxygen atoms in total. The molecule has 0 saturated carbocycles. The van der Waals surface area contributed by atoms with E-state index in [0.29, 0.717) is 32.1 Å². The minimum absolute atomic E-state index is 0.0167. The number of thiophene rings is 1. The van der Waals surface area contributed by atoms with Gasteiger partial charge in [-0.15, -0.1) is 11.3 Å². The summed E-state index contributed by atoms with van der Waals surface area (Å²) in [5, 5.41) is 4.25. The fourth-order valence-corrected chi connectivity index (χ4v) is 4.98. The number of anilines is 1. The summed E-state index contributed by atoms with van der Waals surface area (Å²) < 4.78 is 10.6. The number of hydrogen-bond donors (Lipinski definition) is 2. The Balaban J connectivity index is 1.45. The van der Waals surface area contributed by atoms with Crippen molar-refractivity contribution in [2.75, 3.05) is 11.9 Å². The minimum Gasteiger partial charge on any atom is -0.450 e. The SMILES string of the molecule is Cc1c(C(=O)OCC(=O)Nc2sc3c(c2C(N)=O)CCC3)oc2ccc(Cl)cc12. The molecule has 2 amide bonds. The van der Waals surface area contributed by atoms with E-state index < -0.39 is 24.4 Å². The second kappa shape index (κ2) is 7.53. The Bertz CT molecular complexity index is 1160. The number of esters is 1. The highest BCUT2D eigenvalue weighted by atomic mass is 35.5. The lowest BCUT2D eigenvalue weighted by Gasteiger charge is -2.06. The third kappa shape index (κ3) is 3.61. The molecule has 2 aromatic heterocycles. The van der Waals surface area contributed by atoms with Gasteiger partial charge in [-0.05, 0) is 49.9 Å². The summed E-state index contributed by atoms with van der Waals surface area (Å²) in [4.78, 5) is 37.5. The Morgan fingerprint density at radius 3 is 2.86 bits per heavy atom. The lowest BCUT2D eigenvalue weighted by molar-refractivity contribution is -0.119. The molecule has 0 bridgehead atoms. The molecule has 9 heteroatoms. The van der Waals surface area contributed by atoms with E-state index in [1.54, 1.807) is 25.1 Å². The van der Waals surface area contributed by atoms with Crippen molar-refractivity contribution in [2.24, 2.45) is 5.73 Å². The van der Waals surface area contributed by atoms with Crippen LogP contribution in [0.15, 0.2) is 22.6 Å². The van der Waals surface area contributed by atoms with Crippen LogP contribution < -0.4 is 11.1 Å². The number of primary amides is 1. The van der Waals surface area contributed by atoms with Crippen molar-refractivity contribution in [2.45, 2.75) is 26.2 Å². The molecule has 29 heavy (non-hydrogen) atoms. The zero-order valence-electron chi connectivity index (χ0n) is 15.5. The molecule has 1 aliphatic rings. The van der Waals surface area contributed by atoms with Gasteiger partial charge in [-0.1, -0.05) is 11.6 Å². The van der Waals surface area contributed by atoms with E-state index in [-0.39, 0.29) is 5.76 Å². The summed E-state index contributed by atoms with van der Waals surface area (Å²) in [5.41, 5.74) is 7.83. The van der Waals surface area contributed by atoms with Crippen molar-refractivity contribution >= 4 is 56.7 Å². The summed E-state index contributed by atoms with van der Waals surface area (Å²) in [6.07, 6.45) is 2.60. The quantitative estimate of drug-likeness (QED) is 0.595. The first-order valence-corrected chi connectivity index (χ1v) is 10.1. The van der Waals surface area contributed by atoms with E-state index in [1.165, 1.54) is 11.3 Å².